The molecule has 0 aromatic carbocycles. The van der Waals surface area contributed by atoms with E-state index < -0.39 is 16.8 Å². The van der Waals surface area contributed by atoms with Gasteiger partial charge in [-0.2, -0.15) is 0 Å². The highest BCUT2D eigenvalue weighted by molar-refractivity contribution is 8.05. The molecule has 1 N–H and O–H groups in total. The summed E-state index contributed by atoms with van der Waals surface area (Å²) in [7, 11) is 1.26. The molecule has 11 heavy (non-hydrogen) atoms. The van der Waals surface area contributed by atoms with Crippen LogP contribution in [0.5, 0.6) is 0 Å². The molecule has 0 heterocycles. The van der Waals surface area contributed by atoms with Gasteiger partial charge in [0.1, 0.15) is 0 Å². The molecule has 6 heteroatoms. The van der Waals surface area contributed by atoms with Crippen LogP contribution in [0.2, 0.25) is 0 Å². The van der Waals surface area contributed by atoms with E-state index in [1.54, 1.807) is 13.8 Å². The standard InChI is InChI=1S/C5H8O2P2S2/c1-3(4(6)7)5(2,8-10)9-11/h3H,1-2H3,(H,6,7). The number of carboxylic acid groups (broad SMARTS) is 1. The molecule has 0 radical (unpaired) electrons. The third kappa shape index (κ3) is 2.79. The Morgan fingerprint density at radius 2 is 1.91 bits per heavy atom. The van der Waals surface area contributed by atoms with E-state index in [0.29, 0.717) is 14.7 Å². The van der Waals surface area contributed by atoms with Crippen LogP contribution < -0.4 is 0 Å². The van der Waals surface area contributed by atoms with Crippen LogP contribution in [-0.4, -0.2) is 16.0 Å². The minimum absolute atomic E-state index is 0.462. The zero-order valence-corrected chi connectivity index (χ0v) is 9.57. The maximum absolute atomic E-state index is 10.6. The first-order valence-electron chi connectivity index (χ1n) is 2.89. The molecule has 0 aromatic heterocycles. The Balaban J connectivity index is 4.62. The topological polar surface area (TPSA) is 37.3 Å². The van der Waals surface area contributed by atoms with Gasteiger partial charge in [0.25, 0.3) is 0 Å². The van der Waals surface area contributed by atoms with Crippen LogP contribution in [0.25, 0.3) is 0 Å². The summed E-state index contributed by atoms with van der Waals surface area (Å²) in [6.07, 6.45) is 0. The quantitative estimate of drug-likeness (QED) is 0.746. The van der Waals surface area contributed by atoms with E-state index in [1.165, 1.54) is 0 Å². The second kappa shape index (κ2) is 4.51. The molecular formula is C5H8O2P2S2. The number of carboxylic acids is 1. The zero-order valence-electron chi connectivity index (χ0n) is 6.14. The van der Waals surface area contributed by atoms with Gasteiger partial charge in [0, 0.05) is 0 Å². The molecule has 1 atom stereocenters. The number of rotatable bonds is 4. The van der Waals surface area contributed by atoms with E-state index in [4.69, 9.17) is 28.7 Å². The van der Waals surface area contributed by atoms with Gasteiger partial charge in [-0.15, -0.1) is 0 Å². The molecule has 2 nitrogen and oxygen atoms in total. The maximum Gasteiger partial charge on any atom is 0.308 e. The van der Waals surface area contributed by atoms with Crippen LogP contribution in [0.4, 0.5) is 0 Å². The molecule has 0 aliphatic rings. The van der Waals surface area contributed by atoms with Crippen molar-refractivity contribution >= 4 is 44.3 Å². The monoisotopic (exact) mass is 226 g/mol. The lowest BCUT2D eigenvalue weighted by molar-refractivity contribution is -0.141. The van der Waals surface area contributed by atoms with Gasteiger partial charge in [0.15, 0.2) is 0 Å². The summed E-state index contributed by atoms with van der Waals surface area (Å²) in [4.78, 5) is 10.1. The molecule has 0 bridgehead atoms. The molecule has 0 saturated heterocycles. The van der Waals surface area contributed by atoms with Crippen molar-refractivity contribution in [3.05, 3.63) is 0 Å². The summed E-state index contributed by atoms with van der Waals surface area (Å²) in [6, 6.07) is 0. The predicted molar refractivity (Wildman–Crippen MR) is 53.8 cm³/mol. The highest BCUT2D eigenvalue weighted by Gasteiger charge is 2.33. The van der Waals surface area contributed by atoms with E-state index in [-0.39, 0.29) is 0 Å². The fourth-order valence-corrected chi connectivity index (χ4v) is 3.23. The van der Waals surface area contributed by atoms with Crippen molar-refractivity contribution in [3.63, 3.8) is 0 Å². The Morgan fingerprint density at radius 1 is 1.55 bits per heavy atom. The Kier molecular flexibility index (Phi) is 4.72. The van der Waals surface area contributed by atoms with Crippen LogP contribution in [0.1, 0.15) is 13.8 Å². The Morgan fingerprint density at radius 3 is 2.00 bits per heavy atom. The molecule has 1 unspecified atom stereocenters. The number of aliphatic carboxylic acids is 1. The van der Waals surface area contributed by atoms with Crippen LogP contribution >= 0.6 is 14.7 Å². The first-order chi connectivity index (χ1) is 4.98. The molecule has 0 aromatic rings. The smallest absolute Gasteiger partial charge is 0.308 e. The van der Waals surface area contributed by atoms with Crippen molar-refractivity contribution in [1.82, 2.24) is 0 Å². The zero-order chi connectivity index (χ0) is 9.07. The summed E-state index contributed by atoms with van der Waals surface area (Å²) < 4.78 is 0. The fourth-order valence-electron chi connectivity index (χ4n) is 0.409. The average molecular weight is 226 g/mol. The van der Waals surface area contributed by atoms with Crippen molar-refractivity contribution in [1.29, 1.82) is 0 Å². The van der Waals surface area contributed by atoms with Gasteiger partial charge in [-0.25, -0.2) is 0 Å². The van der Waals surface area contributed by atoms with E-state index in [1.807, 2.05) is 0 Å². The third-order valence-corrected chi connectivity index (χ3v) is 6.76. The highest BCUT2D eigenvalue weighted by Crippen LogP contribution is 2.41. The Hall–Kier alpha value is 0.510. The molecule has 0 rings (SSSR count). The van der Waals surface area contributed by atoms with Gasteiger partial charge in [0.05, 0.1) is 10.8 Å². The third-order valence-electron chi connectivity index (χ3n) is 1.56. The summed E-state index contributed by atoms with van der Waals surface area (Å²) >= 11 is 9.63. The van der Waals surface area contributed by atoms with Crippen LogP contribution in [0, 0.1) is 5.92 Å². The number of carbonyl (C=O) groups is 1. The molecule has 0 aliphatic carbocycles. The van der Waals surface area contributed by atoms with Crippen molar-refractivity contribution < 1.29 is 9.90 Å². The number of hydrogen-bond acceptors (Lipinski definition) is 3. The van der Waals surface area contributed by atoms with Crippen molar-refractivity contribution in [2.45, 2.75) is 18.7 Å². The minimum atomic E-state index is -0.831. The van der Waals surface area contributed by atoms with E-state index in [0.717, 1.165) is 0 Å². The SMILES string of the molecule is CC(C(=O)O)C(C)(P=S)P=S. The van der Waals surface area contributed by atoms with Gasteiger partial charge >= 0.3 is 5.97 Å². The highest BCUT2D eigenvalue weighted by atomic mass is 32.4. The second-order valence-electron chi connectivity index (χ2n) is 2.34. The average Bonchev–Trinajstić information content (AvgIpc) is 2.01. The summed E-state index contributed by atoms with van der Waals surface area (Å²) in [5, 5.41) is 8.68. The van der Waals surface area contributed by atoms with Gasteiger partial charge < -0.3 is 5.11 Å². The lowest BCUT2D eigenvalue weighted by atomic mass is 10.1. The second-order valence-corrected chi connectivity index (χ2v) is 6.01. The fraction of sp³-hybridized carbons (Fsp3) is 0.800. The maximum atomic E-state index is 10.6. The normalized spacial score (nSPS) is 19.5. The van der Waals surface area contributed by atoms with Gasteiger partial charge in [-0.05, 0) is 21.6 Å². The van der Waals surface area contributed by atoms with Crippen LogP contribution in [0.15, 0.2) is 0 Å². The van der Waals surface area contributed by atoms with Crippen molar-refractivity contribution in [3.8, 4) is 0 Å². The van der Waals surface area contributed by atoms with Gasteiger partial charge in [-0.1, -0.05) is 30.5 Å². The van der Waals surface area contributed by atoms with Crippen LogP contribution in [-0.2, 0) is 28.4 Å². The lowest BCUT2D eigenvalue weighted by Gasteiger charge is -2.21. The Labute approximate surface area is 79.1 Å². The molecule has 0 aliphatic heterocycles. The van der Waals surface area contributed by atoms with E-state index in [2.05, 4.69) is 0 Å². The number of hydrogen-bond donors (Lipinski definition) is 1. The van der Waals surface area contributed by atoms with Gasteiger partial charge in [-0.3, -0.25) is 4.79 Å². The lowest BCUT2D eigenvalue weighted by Crippen LogP contribution is -2.26. The van der Waals surface area contributed by atoms with Crippen molar-refractivity contribution in [2.24, 2.45) is 5.92 Å². The minimum Gasteiger partial charge on any atom is -0.481 e. The summed E-state index contributed by atoms with van der Waals surface area (Å²) in [5.74, 6) is -1.30. The Bertz CT molecular complexity index is 187. The molecule has 0 spiro atoms. The first-order valence-corrected chi connectivity index (χ1v) is 6.71. The first kappa shape index (κ1) is 11.5. The van der Waals surface area contributed by atoms with Crippen LogP contribution in [0.3, 0.4) is 0 Å². The molecule has 0 fully saturated rings. The summed E-state index contributed by atoms with van der Waals surface area (Å²) in [5.41, 5.74) is 0. The van der Waals surface area contributed by atoms with Gasteiger partial charge in [0.2, 0.25) is 0 Å². The predicted octanol–water partition coefficient (Wildman–Crippen LogP) is 2.24. The van der Waals surface area contributed by atoms with Crippen molar-refractivity contribution in [2.75, 3.05) is 0 Å². The molecule has 0 amide bonds. The molecule has 0 saturated carbocycles. The van der Waals surface area contributed by atoms with E-state index >= 15 is 0 Å². The largest absolute Gasteiger partial charge is 0.481 e. The summed E-state index contributed by atoms with van der Waals surface area (Å²) in [6.45, 7) is 3.44. The molecule has 62 valence electrons. The van der Waals surface area contributed by atoms with E-state index in [9.17, 15) is 4.79 Å². The molecular weight excluding hydrogens is 218 g/mol.